The molecule has 0 saturated heterocycles. The minimum absolute atomic E-state index is 0. The summed E-state index contributed by atoms with van der Waals surface area (Å²) in [5.74, 6) is -6.81. The number of carboxylic acid groups (broad SMARTS) is 4. The van der Waals surface area contributed by atoms with Crippen molar-refractivity contribution in [2.24, 2.45) is 5.73 Å². The molecule has 0 aromatic heterocycles. The third-order valence-electron chi connectivity index (χ3n) is 2.60. The van der Waals surface area contributed by atoms with Gasteiger partial charge in [0, 0.05) is 55.3 Å². The van der Waals surface area contributed by atoms with E-state index in [2.05, 4.69) is 5.32 Å². The fourth-order valence-corrected chi connectivity index (χ4v) is 1.72. The van der Waals surface area contributed by atoms with E-state index in [0.29, 0.717) is 0 Å². The summed E-state index contributed by atoms with van der Waals surface area (Å²) in [6.07, 6.45) is -2.94. The van der Waals surface area contributed by atoms with Gasteiger partial charge in [-0.25, -0.2) is 0 Å². The topological polar surface area (TPSA) is 298 Å². The number of nitrogens with one attached hydrogen (secondary N) is 1. The maximum atomic E-state index is 10.7. The van der Waals surface area contributed by atoms with E-state index in [-0.39, 0.29) is 34.2 Å². The van der Waals surface area contributed by atoms with Crippen LogP contribution in [0.3, 0.4) is 0 Å². The van der Waals surface area contributed by atoms with Gasteiger partial charge in [0.25, 0.3) is 0 Å². The van der Waals surface area contributed by atoms with E-state index in [4.69, 9.17) is 5.73 Å². The molecule has 0 aromatic carbocycles. The number of carbonyl (C=O) groups is 4. The van der Waals surface area contributed by atoms with Gasteiger partial charge < -0.3 is 67.8 Å². The molecule has 1 unspecified atom stereocenters. The van der Waals surface area contributed by atoms with E-state index in [1.54, 1.807) is 0 Å². The molecule has 0 rings (SSSR count). The van der Waals surface area contributed by atoms with Crippen molar-refractivity contribution in [3.8, 4) is 0 Å². The van der Waals surface area contributed by atoms with E-state index in [1.165, 1.54) is 0 Å². The van der Waals surface area contributed by atoms with Gasteiger partial charge in [-0.3, -0.25) is 0 Å². The maximum Gasteiger partial charge on any atom is 3.00 e. The Labute approximate surface area is 146 Å². The summed E-state index contributed by atoms with van der Waals surface area (Å²) < 4.78 is 0. The summed E-state index contributed by atoms with van der Waals surface area (Å²) in [7, 11) is 0. The minimum Gasteiger partial charge on any atom is -0.550 e. The number of rotatable bonds is 10. The van der Waals surface area contributed by atoms with Crippen LogP contribution < -0.4 is 37.6 Å². The Morgan fingerprint density at radius 2 is 1.25 bits per heavy atom. The molecule has 0 bridgehead atoms. The molecule has 0 aliphatic rings. The zero-order valence-electron chi connectivity index (χ0n) is 12.6. The molecule has 0 heterocycles. The molecule has 11 N–H and O–H groups in total. The minimum atomic E-state index is -2.07. The number of nitrogens with two attached hydrogens (primary N) is 1. The van der Waals surface area contributed by atoms with Gasteiger partial charge in [0.1, 0.15) is 0 Å². The predicted octanol–water partition coefficient (Wildman–Crippen LogP) is -8.46. The Hall–Kier alpha value is -1.80. The summed E-state index contributed by atoms with van der Waals surface area (Å²) >= 11 is 0. The van der Waals surface area contributed by atoms with Crippen molar-refractivity contribution in [2.75, 3.05) is 6.54 Å². The first-order valence-electron chi connectivity index (χ1n) is 5.39. The molecule has 0 spiro atoms. The fraction of sp³-hybridized carbons (Fsp3) is 0.600. The second-order valence-corrected chi connectivity index (χ2v) is 4.16. The van der Waals surface area contributed by atoms with E-state index in [1.807, 2.05) is 0 Å². The average Bonchev–Trinajstić information content (AvgIpc) is 2.23. The second-order valence-electron chi connectivity index (χ2n) is 4.16. The van der Waals surface area contributed by atoms with Crippen LogP contribution in [0.25, 0.3) is 0 Å². The second kappa shape index (κ2) is 14.8. The van der Waals surface area contributed by atoms with Crippen molar-refractivity contribution >= 4 is 23.9 Å². The predicted molar refractivity (Wildman–Crippen MR) is 65.8 cm³/mol. The van der Waals surface area contributed by atoms with Crippen LogP contribution in [0.2, 0.25) is 0 Å². The fourth-order valence-electron chi connectivity index (χ4n) is 1.72. The van der Waals surface area contributed by atoms with Crippen molar-refractivity contribution in [3.05, 3.63) is 0 Å². The molecule has 0 amide bonds. The first-order valence-corrected chi connectivity index (χ1v) is 5.39. The largest absolute Gasteiger partial charge is 3.00 e. The van der Waals surface area contributed by atoms with Crippen molar-refractivity contribution in [1.82, 2.24) is 11.5 Å². The number of quaternary nitrogens is 1. The first-order chi connectivity index (χ1) is 9.09. The van der Waals surface area contributed by atoms with Crippen molar-refractivity contribution < 1.29 is 67.6 Å². The van der Waals surface area contributed by atoms with Crippen LogP contribution in [0.15, 0.2) is 0 Å². The van der Waals surface area contributed by atoms with E-state index in [9.17, 15) is 39.6 Å². The molecule has 143 valence electrons. The molecular formula is C10H20FeN3O10. The molecule has 1 radical (unpaired) electrons. The monoisotopic (exact) mass is 398 g/mol. The van der Waals surface area contributed by atoms with Gasteiger partial charge in [0.15, 0.2) is 0 Å². The van der Waals surface area contributed by atoms with Crippen molar-refractivity contribution in [2.45, 2.75) is 30.8 Å². The molecule has 14 heteroatoms. The van der Waals surface area contributed by atoms with Gasteiger partial charge in [0.05, 0.1) is 5.97 Å². The third kappa shape index (κ3) is 12.7. The molecule has 24 heavy (non-hydrogen) atoms. The van der Waals surface area contributed by atoms with Gasteiger partial charge in [0.2, 0.25) is 0 Å². The van der Waals surface area contributed by atoms with Crippen LogP contribution in [0.4, 0.5) is 0 Å². The third-order valence-corrected chi connectivity index (χ3v) is 2.60. The Balaban J connectivity index is -0.000000301. The first kappa shape index (κ1) is 33.7. The van der Waals surface area contributed by atoms with E-state index < -0.39 is 61.3 Å². The van der Waals surface area contributed by atoms with Crippen molar-refractivity contribution in [1.29, 1.82) is 0 Å². The number of carboxylic acids is 4. The molecule has 0 aliphatic carbocycles. The van der Waals surface area contributed by atoms with Crippen LogP contribution in [-0.2, 0) is 36.2 Å². The van der Waals surface area contributed by atoms with Gasteiger partial charge >= 0.3 is 17.1 Å². The summed E-state index contributed by atoms with van der Waals surface area (Å²) in [4.78, 5) is 42.3. The van der Waals surface area contributed by atoms with Gasteiger partial charge in [-0.05, 0) is 0 Å². The average molecular weight is 398 g/mol. The molecule has 0 fully saturated rings. The number of aliphatic carboxylic acids is 4. The molecule has 0 aromatic rings. The van der Waals surface area contributed by atoms with Gasteiger partial charge in [-0.1, -0.05) is 0 Å². The van der Waals surface area contributed by atoms with Crippen LogP contribution in [0.1, 0.15) is 19.3 Å². The molecule has 13 nitrogen and oxygen atoms in total. The van der Waals surface area contributed by atoms with Crippen LogP contribution in [0.5, 0.6) is 0 Å². The Morgan fingerprint density at radius 1 is 0.875 bits per heavy atom. The quantitative estimate of drug-likeness (QED) is 0.292. The Bertz CT molecular complexity index is 404. The summed E-state index contributed by atoms with van der Waals surface area (Å²) in [6.45, 7) is -0.929. The zero-order valence-corrected chi connectivity index (χ0v) is 13.7. The van der Waals surface area contributed by atoms with E-state index >= 15 is 0 Å². The smallest absolute Gasteiger partial charge is 0.550 e. The summed E-state index contributed by atoms with van der Waals surface area (Å²) in [6, 6.07) is -1.55. The van der Waals surface area contributed by atoms with Crippen LogP contribution in [-0.4, -0.2) is 53.0 Å². The van der Waals surface area contributed by atoms with Crippen molar-refractivity contribution in [3.63, 3.8) is 0 Å². The standard InChI is InChI=1S/C10H16N2O8.Fe.H3N.2H2O/c11-5(1-6(13)14)10(2-7(15)16,3-8(17)18)12-4-9(19)20;;;;/h5,12H,1-4,11H2,(H,13,14)(H,15,16)(H,17,18)(H,19,20);;1H3;2*1H2/q;+3;;;/p-3. The molecule has 1 atom stereocenters. The van der Waals surface area contributed by atoms with Crippen LogP contribution in [0, 0.1) is 0 Å². The van der Waals surface area contributed by atoms with Gasteiger partial charge in [-0.2, -0.15) is 0 Å². The normalized spacial score (nSPS) is 10.5. The number of hydrogen-bond acceptors (Lipinski definition) is 10. The maximum absolute atomic E-state index is 10.7. The van der Waals surface area contributed by atoms with E-state index in [0.717, 1.165) is 0 Å². The number of carbonyl (C=O) groups excluding carboxylic acids is 4. The Morgan fingerprint density at radius 3 is 1.50 bits per heavy atom. The summed E-state index contributed by atoms with van der Waals surface area (Å²) in [5.41, 5.74) is 3.39. The summed E-state index contributed by atoms with van der Waals surface area (Å²) in [5, 5.41) is 44.3. The zero-order chi connectivity index (χ0) is 15.9. The molecule has 0 saturated carbocycles. The molecular weight excluding hydrogens is 378 g/mol. The Kier molecular flexibility index (Phi) is 20.8. The molecule has 0 aliphatic heterocycles. The van der Waals surface area contributed by atoms with Crippen LogP contribution >= 0.6 is 0 Å². The number of hydrogen-bond donors (Lipinski definition) is 3. The SMILES string of the molecule is NC(CC(=O)[O-])C(CC(=O)[O-])(CC(=O)[O-])NCC(=O)[O-].O.O.[Fe+3].[NH4+]. The van der Waals surface area contributed by atoms with Gasteiger partial charge in [-0.15, -0.1) is 0 Å².